The van der Waals surface area contributed by atoms with Gasteiger partial charge in [-0.25, -0.2) is 0 Å². The minimum atomic E-state index is 0.778. The predicted octanol–water partition coefficient (Wildman–Crippen LogP) is 6.41. The highest BCUT2D eigenvalue weighted by Gasteiger charge is 2.12. The van der Waals surface area contributed by atoms with Crippen molar-refractivity contribution in [3.05, 3.63) is 109 Å². The van der Waals surface area contributed by atoms with Gasteiger partial charge in [0.2, 0.25) is 0 Å². The van der Waals surface area contributed by atoms with Gasteiger partial charge in [-0.15, -0.1) is 0 Å². The zero-order valence-corrected chi connectivity index (χ0v) is 14.4. The van der Waals surface area contributed by atoms with Gasteiger partial charge in [0.25, 0.3) is 0 Å². The number of nitrogens with two attached hydrogens (primary N) is 1. The van der Waals surface area contributed by atoms with Crippen molar-refractivity contribution in [1.29, 1.82) is 0 Å². The molecule has 0 unspecified atom stereocenters. The summed E-state index contributed by atoms with van der Waals surface area (Å²) in [6, 6.07) is 37.4. The van der Waals surface area contributed by atoms with Crippen LogP contribution in [-0.2, 0) is 0 Å². The van der Waals surface area contributed by atoms with E-state index in [1.54, 1.807) is 0 Å². The summed E-state index contributed by atoms with van der Waals surface area (Å²) in [6.45, 7) is 0. The monoisotopic (exact) mass is 336 g/mol. The lowest BCUT2D eigenvalue weighted by Crippen LogP contribution is -2.09. The molecule has 0 heterocycles. The summed E-state index contributed by atoms with van der Waals surface area (Å²) in [5.74, 6) is 0. The van der Waals surface area contributed by atoms with Gasteiger partial charge in [-0.05, 0) is 59.7 Å². The molecule has 2 nitrogen and oxygen atoms in total. The molecule has 2 N–H and O–H groups in total. The quantitative estimate of drug-likeness (QED) is 0.437. The van der Waals surface area contributed by atoms with Gasteiger partial charge >= 0.3 is 0 Å². The summed E-state index contributed by atoms with van der Waals surface area (Å²) >= 11 is 0. The van der Waals surface area contributed by atoms with Crippen LogP contribution in [0.5, 0.6) is 0 Å². The van der Waals surface area contributed by atoms with Crippen LogP contribution in [0, 0.1) is 0 Å². The molecule has 0 spiro atoms. The van der Waals surface area contributed by atoms with Crippen molar-refractivity contribution < 1.29 is 0 Å². The molecule has 0 aliphatic heterocycles. The average molecular weight is 336 g/mol. The molecule has 4 aromatic rings. The Balaban J connectivity index is 1.82. The molecule has 0 aromatic heterocycles. The Morgan fingerprint density at radius 2 is 1.00 bits per heavy atom. The lowest BCUT2D eigenvalue weighted by atomic mass is 10.0. The number of rotatable bonds is 4. The highest BCUT2D eigenvalue weighted by molar-refractivity contribution is 5.79. The van der Waals surface area contributed by atoms with Gasteiger partial charge in [0, 0.05) is 22.7 Å². The maximum atomic E-state index is 5.83. The molecule has 0 aliphatic rings. The summed E-state index contributed by atoms with van der Waals surface area (Å²) in [7, 11) is 0. The highest BCUT2D eigenvalue weighted by atomic mass is 15.1. The summed E-state index contributed by atoms with van der Waals surface area (Å²) in [6.07, 6.45) is 0. The van der Waals surface area contributed by atoms with Gasteiger partial charge in [0.1, 0.15) is 0 Å². The van der Waals surface area contributed by atoms with E-state index in [0.29, 0.717) is 0 Å². The summed E-state index contributed by atoms with van der Waals surface area (Å²) in [5.41, 5.74) is 12.3. The van der Waals surface area contributed by atoms with Crippen LogP contribution in [0.25, 0.3) is 11.1 Å². The molecule has 0 saturated carbocycles. The minimum absolute atomic E-state index is 0.778. The van der Waals surface area contributed by atoms with Crippen molar-refractivity contribution in [3.8, 4) is 11.1 Å². The Hall–Kier alpha value is -3.52. The molecular formula is C24H20N2. The van der Waals surface area contributed by atoms with Crippen LogP contribution in [0.15, 0.2) is 109 Å². The van der Waals surface area contributed by atoms with E-state index in [-0.39, 0.29) is 0 Å². The fourth-order valence-corrected chi connectivity index (χ4v) is 3.10. The van der Waals surface area contributed by atoms with E-state index in [4.69, 9.17) is 5.73 Å². The lowest BCUT2D eigenvalue weighted by Gasteiger charge is -2.25. The maximum Gasteiger partial charge on any atom is 0.0467 e. The number of nitrogen functional groups attached to an aromatic ring is 1. The first-order chi connectivity index (χ1) is 12.8. The normalized spacial score (nSPS) is 10.5. The molecule has 0 bridgehead atoms. The first kappa shape index (κ1) is 16.0. The second kappa shape index (κ2) is 7.16. The number of anilines is 4. The highest BCUT2D eigenvalue weighted by Crippen LogP contribution is 2.36. The first-order valence-corrected chi connectivity index (χ1v) is 8.67. The van der Waals surface area contributed by atoms with Gasteiger partial charge in [-0.1, -0.05) is 60.7 Å². The molecule has 26 heavy (non-hydrogen) atoms. The molecule has 4 aromatic carbocycles. The number of para-hydroxylation sites is 2. The Labute approximate surface area is 154 Å². The van der Waals surface area contributed by atoms with E-state index in [2.05, 4.69) is 89.8 Å². The fraction of sp³-hybridized carbons (Fsp3) is 0. The van der Waals surface area contributed by atoms with Crippen molar-refractivity contribution in [2.45, 2.75) is 0 Å². The third kappa shape index (κ3) is 3.31. The molecule has 0 fully saturated rings. The summed E-state index contributed by atoms with van der Waals surface area (Å²) in [4.78, 5) is 2.26. The van der Waals surface area contributed by atoms with Crippen LogP contribution >= 0.6 is 0 Å². The van der Waals surface area contributed by atoms with Crippen molar-refractivity contribution in [1.82, 2.24) is 0 Å². The Bertz CT molecular complexity index is 938. The third-order valence-electron chi connectivity index (χ3n) is 4.38. The summed E-state index contributed by atoms with van der Waals surface area (Å²) in [5, 5.41) is 0. The number of hydrogen-bond donors (Lipinski definition) is 1. The molecule has 0 aliphatic carbocycles. The van der Waals surface area contributed by atoms with E-state index >= 15 is 0 Å². The Morgan fingerprint density at radius 1 is 0.462 bits per heavy atom. The van der Waals surface area contributed by atoms with Gasteiger partial charge in [-0.3, -0.25) is 0 Å². The standard InChI is InChI=1S/C24H20N2/c25-21-16-14-19(15-17-21)20-8-7-13-24(18-20)26(22-9-3-1-4-10-22)23-11-5-2-6-12-23/h1-18H,25H2. The van der Waals surface area contributed by atoms with E-state index in [0.717, 1.165) is 28.3 Å². The molecule has 4 rings (SSSR count). The SMILES string of the molecule is Nc1ccc(-c2cccc(N(c3ccccc3)c3ccccc3)c2)cc1. The minimum Gasteiger partial charge on any atom is -0.399 e. The molecule has 0 atom stereocenters. The van der Waals surface area contributed by atoms with E-state index < -0.39 is 0 Å². The molecule has 2 heteroatoms. The van der Waals surface area contributed by atoms with Crippen LogP contribution < -0.4 is 10.6 Å². The van der Waals surface area contributed by atoms with E-state index in [1.165, 1.54) is 5.56 Å². The van der Waals surface area contributed by atoms with Crippen molar-refractivity contribution >= 4 is 22.7 Å². The second-order valence-electron chi connectivity index (χ2n) is 6.18. The van der Waals surface area contributed by atoms with Crippen LogP contribution in [0.1, 0.15) is 0 Å². The van der Waals surface area contributed by atoms with E-state index in [1.807, 2.05) is 24.3 Å². The number of hydrogen-bond acceptors (Lipinski definition) is 2. The molecule has 0 radical (unpaired) electrons. The predicted molar refractivity (Wildman–Crippen MR) is 111 cm³/mol. The zero-order valence-electron chi connectivity index (χ0n) is 14.4. The summed E-state index contributed by atoms with van der Waals surface area (Å²) < 4.78 is 0. The van der Waals surface area contributed by atoms with Crippen LogP contribution in [-0.4, -0.2) is 0 Å². The molecule has 126 valence electrons. The fourth-order valence-electron chi connectivity index (χ4n) is 3.10. The van der Waals surface area contributed by atoms with Crippen LogP contribution in [0.3, 0.4) is 0 Å². The molecule has 0 amide bonds. The van der Waals surface area contributed by atoms with Gasteiger partial charge < -0.3 is 10.6 Å². The Kier molecular flexibility index (Phi) is 4.40. The maximum absolute atomic E-state index is 5.83. The third-order valence-corrected chi connectivity index (χ3v) is 4.38. The molecule has 0 saturated heterocycles. The van der Waals surface area contributed by atoms with Crippen LogP contribution in [0.2, 0.25) is 0 Å². The van der Waals surface area contributed by atoms with E-state index in [9.17, 15) is 0 Å². The lowest BCUT2D eigenvalue weighted by molar-refractivity contribution is 1.28. The average Bonchev–Trinajstić information content (AvgIpc) is 2.71. The van der Waals surface area contributed by atoms with Gasteiger partial charge in [-0.2, -0.15) is 0 Å². The van der Waals surface area contributed by atoms with Crippen molar-refractivity contribution in [2.24, 2.45) is 0 Å². The topological polar surface area (TPSA) is 29.3 Å². The second-order valence-corrected chi connectivity index (χ2v) is 6.18. The smallest absolute Gasteiger partial charge is 0.0467 e. The van der Waals surface area contributed by atoms with Gasteiger partial charge in [0.05, 0.1) is 0 Å². The zero-order chi connectivity index (χ0) is 17.8. The molecular weight excluding hydrogens is 316 g/mol. The number of benzene rings is 4. The Morgan fingerprint density at radius 3 is 1.58 bits per heavy atom. The first-order valence-electron chi connectivity index (χ1n) is 8.67. The van der Waals surface area contributed by atoms with Gasteiger partial charge in [0.15, 0.2) is 0 Å². The van der Waals surface area contributed by atoms with Crippen molar-refractivity contribution in [3.63, 3.8) is 0 Å². The van der Waals surface area contributed by atoms with Crippen LogP contribution in [0.4, 0.5) is 22.7 Å². The number of nitrogens with zero attached hydrogens (tertiary/aromatic N) is 1. The van der Waals surface area contributed by atoms with Crippen molar-refractivity contribution in [2.75, 3.05) is 10.6 Å². The largest absolute Gasteiger partial charge is 0.399 e.